The van der Waals surface area contributed by atoms with Gasteiger partial charge in [-0.15, -0.1) is 0 Å². The molecule has 2 atom stereocenters. The van der Waals surface area contributed by atoms with Gasteiger partial charge in [0.1, 0.15) is 12.6 Å². The van der Waals surface area contributed by atoms with Gasteiger partial charge in [-0.25, -0.2) is 5.43 Å². The van der Waals surface area contributed by atoms with Crippen LogP contribution in [0.2, 0.25) is 0 Å². The largest absolute Gasteiger partial charge is 0.337 e. The third-order valence-electron chi connectivity index (χ3n) is 5.80. The molecule has 5 rings (SSSR count). The van der Waals surface area contributed by atoms with Crippen LogP contribution in [0.15, 0.2) is 65.5 Å². The molecule has 2 aliphatic heterocycles. The minimum atomic E-state index is -0.252. The van der Waals surface area contributed by atoms with Crippen LogP contribution < -0.4 is 5.43 Å². The van der Waals surface area contributed by atoms with E-state index in [4.69, 9.17) is 4.52 Å². The summed E-state index contributed by atoms with van der Waals surface area (Å²) in [6.45, 7) is 4.36. The van der Waals surface area contributed by atoms with Crippen LogP contribution in [-0.4, -0.2) is 32.0 Å². The average Bonchev–Trinajstić information content (AvgIpc) is 3.38. The summed E-state index contributed by atoms with van der Waals surface area (Å²) in [5.74, 6) is 0.984. The molecular formula is C23H23N5O2. The molecule has 30 heavy (non-hydrogen) atoms. The van der Waals surface area contributed by atoms with Gasteiger partial charge in [-0.2, -0.15) is 4.98 Å². The van der Waals surface area contributed by atoms with Gasteiger partial charge in [-0.05, 0) is 37.0 Å². The number of fused-ring (bicyclic) bond motifs is 1. The number of carbonyl (C=O) groups is 1. The van der Waals surface area contributed by atoms with E-state index in [0.29, 0.717) is 18.1 Å². The maximum absolute atomic E-state index is 13.1. The molecule has 0 aliphatic carbocycles. The van der Waals surface area contributed by atoms with E-state index in [1.54, 1.807) is 11.1 Å². The fourth-order valence-electron chi connectivity index (χ4n) is 4.15. The molecule has 2 unspecified atom stereocenters. The van der Waals surface area contributed by atoms with Crippen molar-refractivity contribution in [1.29, 1.82) is 0 Å². The zero-order valence-electron chi connectivity index (χ0n) is 16.9. The van der Waals surface area contributed by atoms with E-state index >= 15 is 0 Å². The standard InChI is InChI=1S/C23H23N5O2/c1-15-7-3-5-9-17(15)19-13-20-23(29)27(11-12-28(20)25-19)14-21-24-22(26-30-21)18-10-6-4-8-16(18)2/h3-12,19-20,25H,13-14H2,1-2H3. The number of aryl methyl sites for hydroxylation is 2. The van der Waals surface area contributed by atoms with E-state index in [1.807, 2.05) is 54.5 Å². The third-order valence-corrected chi connectivity index (χ3v) is 5.80. The van der Waals surface area contributed by atoms with Gasteiger partial charge in [0.15, 0.2) is 0 Å². The molecule has 2 aliphatic rings. The Bertz CT molecular complexity index is 1120. The lowest BCUT2D eigenvalue weighted by Gasteiger charge is -2.30. The molecule has 1 N–H and O–H groups in total. The first-order chi connectivity index (χ1) is 14.6. The molecule has 3 aromatic rings. The fourth-order valence-corrected chi connectivity index (χ4v) is 4.15. The number of hydrazine groups is 1. The molecule has 0 bridgehead atoms. The molecule has 7 heteroatoms. The minimum Gasteiger partial charge on any atom is -0.337 e. The van der Waals surface area contributed by atoms with Crippen molar-refractivity contribution in [2.24, 2.45) is 0 Å². The zero-order chi connectivity index (χ0) is 20.7. The normalized spacial score (nSPS) is 20.7. The summed E-state index contributed by atoms with van der Waals surface area (Å²) in [5.41, 5.74) is 7.89. The molecule has 152 valence electrons. The molecule has 0 radical (unpaired) electrons. The van der Waals surface area contributed by atoms with E-state index in [0.717, 1.165) is 11.1 Å². The molecule has 2 aromatic carbocycles. The molecule has 1 amide bonds. The number of aromatic nitrogens is 2. The van der Waals surface area contributed by atoms with Crippen molar-refractivity contribution in [1.82, 2.24) is 25.5 Å². The summed E-state index contributed by atoms with van der Waals surface area (Å²) in [7, 11) is 0. The summed E-state index contributed by atoms with van der Waals surface area (Å²) in [6, 6.07) is 16.0. The van der Waals surface area contributed by atoms with E-state index in [9.17, 15) is 4.79 Å². The van der Waals surface area contributed by atoms with Gasteiger partial charge in [0.2, 0.25) is 11.7 Å². The second kappa shape index (κ2) is 7.42. The first-order valence-corrected chi connectivity index (χ1v) is 10.1. The molecule has 0 saturated carbocycles. The number of amides is 1. The van der Waals surface area contributed by atoms with Crippen LogP contribution in [0.4, 0.5) is 0 Å². The predicted molar refractivity (Wildman–Crippen MR) is 111 cm³/mol. The highest BCUT2D eigenvalue weighted by atomic mass is 16.5. The monoisotopic (exact) mass is 401 g/mol. The van der Waals surface area contributed by atoms with E-state index in [1.165, 1.54) is 11.1 Å². The van der Waals surface area contributed by atoms with Crippen molar-refractivity contribution in [3.63, 3.8) is 0 Å². The number of nitrogens with zero attached hydrogens (tertiary/aromatic N) is 4. The first-order valence-electron chi connectivity index (χ1n) is 10.1. The maximum Gasteiger partial charge on any atom is 0.251 e. The lowest BCUT2D eigenvalue weighted by atomic mass is 9.97. The molecule has 7 nitrogen and oxygen atoms in total. The van der Waals surface area contributed by atoms with Crippen molar-refractivity contribution in [3.05, 3.63) is 83.5 Å². The number of carbonyl (C=O) groups excluding carboxylic acids is 1. The Balaban J connectivity index is 1.31. The van der Waals surface area contributed by atoms with Crippen LogP contribution >= 0.6 is 0 Å². The lowest BCUT2D eigenvalue weighted by molar-refractivity contribution is -0.135. The van der Waals surface area contributed by atoms with Gasteiger partial charge in [0.05, 0.1) is 6.04 Å². The summed E-state index contributed by atoms with van der Waals surface area (Å²) < 4.78 is 5.42. The van der Waals surface area contributed by atoms with Crippen molar-refractivity contribution in [2.75, 3.05) is 0 Å². The predicted octanol–water partition coefficient (Wildman–Crippen LogP) is 3.49. The van der Waals surface area contributed by atoms with Gasteiger partial charge in [0, 0.05) is 18.0 Å². The number of rotatable bonds is 4. The number of nitrogens with one attached hydrogen (secondary N) is 1. The number of hydrogen-bond donors (Lipinski definition) is 1. The fraction of sp³-hybridized carbons (Fsp3) is 0.261. The number of hydrogen-bond acceptors (Lipinski definition) is 6. The van der Waals surface area contributed by atoms with Gasteiger partial charge in [0.25, 0.3) is 5.91 Å². The Hall–Kier alpha value is -3.45. The second-order valence-corrected chi connectivity index (χ2v) is 7.79. The van der Waals surface area contributed by atoms with E-state index in [2.05, 4.69) is 34.6 Å². The highest BCUT2D eigenvalue weighted by molar-refractivity contribution is 5.84. The molecule has 3 heterocycles. The van der Waals surface area contributed by atoms with Gasteiger partial charge in [-0.1, -0.05) is 53.7 Å². The van der Waals surface area contributed by atoms with Crippen molar-refractivity contribution in [2.45, 2.75) is 38.9 Å². The quantitative estimate of drug-likeness (QED) is 0.721. The van der Waals surface area contributed by atoms with Crippen LogP contribution in [0, 0.1) is 13.8 Å². The Labute approximate surface area is 175 Å². The van der Waals surface area contributed by atoms with Crippen LogP contribution in [0.3, 0.4) is 0 Å². The lowest BCUT2D eigenvalue weighted by Crippen LogP contribution is -2.47. The van der Waals surface area contributed by atoms with Crippen LogP contribution in [0.25, 0.3) is 11.4 Å². The topological polar surface area (TPSA) is 74.5 Å². The van der Waals surface area contributed by atoms with Crippen molar-refractivity contribution < 1.29 is 9.32 Å². The van der Waals surface area contributed by atoms with Crippen LogP contribution in [-0.2, 0) is 11.3 Å². The summed E-state index contributed by atoms with van der Waals surface area (Å²) in [6.07, 6.45) is 4.38. The van der Waals surface area contributed by atoms with E-state index < -0.39 is 0 Å². The summed E-state index contributed by atoms with van der Waals surface area (Å²) in [5, 5.41) is 6.00. The second-order valence-electron chi connectivity index (χ2n) is 7.79. The highest BCUT2D eigenvalue weighted by Crippen LogP contribution is 2.32. The Morgan fingerprint density at radius 2 is 1.83 bits per heavy atom. The first kappa shape index (κ1) is 18.6. The van der Waals surface area contributed by atoms with E-state index in [-0.39, 0.29) is 24.5 Å². The van der Waals surface area contributed by atoms with Gasteiger partial charge < -0.3 is 14.4 Å². The van der Waals surface area contributed by atoms with Crippen LogP contribution in [0.5, 0.6) is 0 Å². The van der Waals surface area contributed by atoms with Crippen LogP contribution in [0.1, 0.15) is 35.0 Å². The SMILES string of the molecule is Cc1ccccc1-c1noc(CN2C=CN3NC(c4ccccc4C)CC3C2=O)n1. The molecule has 1 fully saturated rings. The van der Waals surface area contributed by atoms with Crippen molar-refractivity contribution in [3.8, 4) is 11.4 Å². The molecule has 1 aromatic heterocycles. The smallest absolute Gasteiger partial charge is 0.251 e. The minimum absolute atomic E-state index is 0.0247. The molecule has 1 saturated heterocycles. The van der Waals surface area contributed by atoms with Gasteiger partial charge >= 0.3 is 0 Å². The Morgan fingerprint density at radius 1 is 1.07 bits per heavy atom. The third kappa shape index (κ3) is 3.27. The summed E-state index contributed by atoms with van der Waals surface area (Å²) >= 11 is 0. The number of benzene rings is 2. The van der Waals surface area contributed by atoms with Gasteiger partial charge in [-0.3, -0.25) is 4.79 Å². The highest BCUT2D eigenvalue weighted by Gasteiger charge is 2.40. The Morgan fingerprint density at radius 3 is 2.63 bits per heavy atom. The average molecular weight is 401 g/mol. The summed E-state index contributed by atoms with van der Waals surface area (Å²) in [4.78, 5) is 19.3. The Kier molecular flexibility index (Phi) is 4.59. The zero-order valence-corrected chi connectivity index (χ0v) is 16.9. The molecular weight excluding hydrogens is 378 g/mol. The maximum atomic E-state index is 13.1. The van der Waals surface area contributed by atoms with Crippen molar-refractivity contribution >= 4 is 5.91 Å². The molecule has 0 spiro atoms.